The fourth-order valence-corrected chi connectivity index (χ4v) is 4.72. The topological polar surface area (TPSA) is 48.4 Å². The summed E-state index contributed by atoms with van der Waals surface area (Å²) < 4.78 is 0. The molecule has 0 spiro atoms. The second-order valence-electron chi connectivity index (χ2n) is 6.08. The highest BCUT2D eigenvalue weighted by Crippen LogP contribution is 2.46. The highest BCUT2D eigenvalue weighted by Gasteiger charge is 2.42. The molecule has 7 heteroatoms. The number of nitrogens with one attached hydrogen (secondary N) is 1. The van der Waals surface area contributed by atoms with Gasteiger partial charge in [0.05, 0.1) is 23.5 Å². The number of nitrogens with zero attached hydrogens (tertiary/aromatic N) is 2. The summed E-state index contributed by atoms with van der Waals surface area (Å²) in [5, 5.41) is 14.9. The largest absolute Gasteiger partial charge is 0.506 e. The molecule has 4 rings (SSSR count). The van der Waals surface area contributed by atoms with Crippen LogP contribution in [-0.4, -0.2) is 15.2 Å². The first-order valence-electron chi connectivity index (χ1n) is 8.10. The zero-order valence-corrected chi connectivity index (χ0v) is 16.3. The Morgan fingerprint density at radius 3 is 2.77 bits per heavy atom. The van der Waals surface area contributed by atoms with E-state index in [1.807, 2.05) is 23.1 Å². The lowest BCUT2D eigenvalue weighted by atomic mass is 10.0. The number of pyridine rings is 1. The summed E-state index contributed by atoms with van der Waals surface area (Å²) in [6.07, 6.45) is 1.77. The third-order valence-electron chi connectivity index (χ3n) is 4.35. The van der Waals surface area contributed by atoms with E-state index in [-0.39, 0.29) is 17.8 Å². The Labute approximate surface area is 166 Å². The van der Waals surface area contributed by atoms with Crippen molar-refractivity contribution in [2.24, 2.45) is 0 Å². The van der Waals surface area contributed by atoms with Crippen LogP contribution in [0.2, 0.25) is 5.02 Å². The monoisotopic (exact) mass is 401 g/mol. The number of benzene rings is 1. The maximum absolute atomic E-state index is 10.4. The van der Waals surface area contributed by atoms with Crippen LogP contribution in [0.3, 0.4) is 0 Å². The highest BCUT2D eigenvalue weighted by molar-refractivity contribution is 7.80. The van der Waals surface area contributed by atoms with Crippen LogP contribution in [0.25, 0.3) is 0 Å². The number of hydrogen-bond donors (Lipinski definition) is 2. The molecule has 1 aromatic carbocycles. The lowest BCUT2D eigenvalue weighted by Gasteiger charge is -2.27. The Hall–Kier alpha value is -2.15. The molecule has 4 nitrogen and oxygen atoms in total. The summed E-state index contributed by atoms with van der Waals surface area (Å²) in [4.78, 5) is 8.80. The molecule has 0 aliphatic carbocycles. The normalized spacial score (nSPS) is 19.6. The second kappa shape index (κ2) is 6.87. The molecule has 0 amide bonds. The van der Waals surface area contributed by atoms with E-state index >= 15 is 0 Å². The van der Waals surface area contributed by atoms with Crippen LogP contribution >= 0.6 is 35.2 Å². The Morgan fingerprint density at radius 2 is 2.08 bits per heavy atom. The van der Waals surface area contributed by atoms with E-state index in [9.17, 15) is 5.11 Å². The minimum absolute atomic E-state index is 0.125. The van der Waals surface area contributed by atoms with Gasteiger partial charge in [-0.3, -0.25) is 4.98 Å². The van der Waals surface area contributed by atoms with Gasteiger partial charge in [-0.15, -0.1) is 11.3 Å². The number of rotatable bonds is 3. The van der Waals surface area contributed by atoms with Crippen molar-refractivity contribution in [2.75, 3.05) is 4.90 Å². The average molecular weight is 402 g/mol. The van der Waals surface area contributed by atoms with Crippen LogP contribution < -0.4 is 10.2 Å². The maximum atomic E-state index is 10.4. The fourth-order valence-electron chi connectivity index (χ4n) is 3.21. The van der Waals surface area contributed by atoms with Gasteiger partial charge in [-0.25, -0.2) is 0 Å². The molecule has 2 N–H and O–H groups in total. The Morgan fingerprint density at radius 1 is 1.23 bits per heavy atom. The number of anilines is 1. The van der Waals surface area contributed by atoms with Crippen LogP contribution in [0.15, 0.2) is 54.7 Å². The Kier molecular flexibility index (Phi) is 4.56. The molecule has 1 aliphatic rings. The summed E-state index contributed by atoms with van der Waals surface area (Å²) in [6.45, 7) is 2.08. The molecule has 1 fully saturated rings. The van der Waals surface area contributed by atoms with Gasteiger partial charge in [0.1, 0.15) is 5.75 Å². The minimum atomic E-state index is -0.125. The van der Waals surface area contributed by atoms with Crippen LogP contribution in [0, 0.1) is 6.92 Å². The van der Waals surface area contributed by atoms with Gasteiger partial charge in [-0.1, -0.05) is 17.7 Å². The summed E-state index contributed by atoms with van der Waals surface area (Å²) in [6, 6.07) is 14.8. The van der Waals surface area contributed by atoms with Crippen LogP contribution in [0.4, 0.5) is 5.69 Å². The Bertz CT molecular complexity index is 960. The SMILES string of the molecule is Cc1ccc(C2C(c3ccccn3)NC(=S)N2c2cc(Cl)ccc2O)s1. The lowest BCUT2D eigenvalue weighted by molar-refractivity contribution is 0.473. The van der Waals surface area contributed by atoms with E-state index in [1.54, 1.807) is 35.7 Å². The molecule has 2 unspecified atom stereocenters. The zero-order chi connectivity index (χ0) is 18.3. The van der Waals surface area contributed by atoms with Crippen molar-refractivity contribution in [3.05, 3.63) is 75.2 Å². The Balaban J connectivity index is 1.86. The first-order chi connectivity index (χ1) is 12.5. The lowest BCUT2D eigenvalue weighted by Crippen LogP contribution is -2.29. The number of thiocarbonyl (C=S) groups is 1. The molecule has 0 bridgehead atoms. The summed E-state index contributed by atoms with van der Waals surface area (Å²) in [5.41, 5.74) is 1.49. The predicted octanol–water partition coefficient (Wildman–Crippen LogP) is 4.99. The number of hydrogen-bond acceptors (Lipinski definition) is 4. The van der Waals surface area contributed by atoms with Gasteiger partial charge >= 0.3 is 0 Å². The zero-order valence-electron chi connectivity index (χ0n) is 13.9. The number of halogens is 1. The second-order valence-corrected chi connectivity index (χ2v) is 8.22. The van der Waals surface area contributed by atoms with Crippen molar-refractivity contribution in [3.63, 3.8) is 0 Å². The van der Waals surface area contributed by atoms with Crippen LogP contribution in [0.1, 0.15) is 27.5 Å². The molecule has 3 heterocycles. The number of aromatic nitrogens is 1. The van der Waals surface area contributed by atoms with Crippen LogP contribution in [0.5, 0.6) is 5.75 Å². The third-order valence-corrected chi connectivity index (χ3v) is 5.97. The third kappa shape index (κ3) is 3.05. The molecule has 2 aromatic heterocycles. The van der Waals surface area contributed by atoms with Crippen molar-refractivity contribution in [1.29, 1.82) is 0 Å². The minimum Gasteiger partial charge on any atom is -0.506 e. The first kappa shape index (κ1) is 17.3. The maximum Gasteiger partial charge on any atom is 0.174 e. The molecule has 2 atom stereocenters. The number of aromatic hydroxyl groups is 1. The van der Waals surface area contributed by atoms with Crippen molar-refractivity contribution in [2.45, 2.75) is 19.0 Å². The number of aryl methyl sites for hydroxylation is 1. The molecule has 3 aromatic rings. The molecule has 0 radical (unpaired) electrons. The van der Waals surface area contributed by atoms with Gasteiger partial charge in [-0.05, 0) is 61.6 Å². The van der Waals surface area contributed by atoms with E-state index in [1.165, 1.54) is 4.88 Å². The molecule has 0 saturated carbocycles. The van der Waals surface area contributed by atoms with Crippen molar-refractivity contribution >= 4 is 46.0 Å². The first-order valence-corrected chi connectivity index (χ1v) is 9.70. The number of phenols is 1. The van der Waals surface area contributed by atoms with Gasteiger partial charge in [0, 0.05) is 21.0 Å². The summed E-state index contributed by atoms with van der Waals surface area (Å²) in [7, 11) is 0. The summed E-state index contributed by atoms with van der Waals surface area (Å²) in [5.74, 6) is 0.137. The van der Waals surface area contributed by atoms with Crippen molar-refractivity contribution in [3.8, 4) is 5.75 Å². The highest BCUT2D eigenvalue weighted by atomic mass is 35.5. The van der Waals surface area contributed by atoms with E-state index in [0.29, 0.717) is 15.8 Å². The molecule has 26 heavy (non-hydrogen) atoms. The smallest absolute Gasteiger partial charge is 0.174 e. The van der Waals surface area contributed by atoms with E-state index < -0.39 is 0 Å². The molecule has 132 valence electrons. The van der Waals surface area contributed by atoms with Crippen LogP contribution in [-0.2, 0) is 0 Å². The average Bonchev–Trinajstić information content (AvgIpc) is 3.21. The fraction of sp³-hybridized carbons (Fsp3) is 0.158. The summed E-state index contributed by atoms with van der Waals surface area (Å²) >= 11 is 13.5. The quantitative estimate of drug-likeness (QED) is 0.605. The van der Waals surface area contributed by atoms with E-state index in [4.69, 9.17) is 23.8 Å². The number of phenolic OH excluding ortho intramolecular Hbond substituents is 1. The predicted molar refractivity (Wildman–Crippen MR) is 110 cm³/mol. The van der Waals surface area contributed by atoms with Gasteiger partial charge in [0.15, 0.2) is 5.11 Å². The molecule has 1 aliphatic heterocycles. The number of thiophene rings is 1. The van der Waals surface area contributed by atoms with Gasteiger partial charge in [0.2, 0.25) is 0 Å². The molecule has 1 saturated heterocycles. The van der Waals surface area contributed by atoms with Gasteiger partial charge < -0.3 is 15.3 Å². The van der Waals surface area contributed by atoms with Gasteiger partial charge in [-0.2, -0.15) is 0 Å². The van der Waals surface area contributed by atoms with Crippen molar-refractivity contribution in [1.82, 2.24) is 10.3 Å². The van der Waals surface area contributed by atoms with Gasteiger partial charge in [0.25, 0.3) is 0 Å². The molecular weight excluding hydrogens is 386 g/mol. The van der Waals surface area contributed by atoms with Crippen molar-refractivity contribution < 1.29 is 5.11 Å². The standard InChI is InChI=1S/C19H16ClN3OS2/c1-11-5-8-16(26-11)18-17(13-4-2-3-9-21-13)22-19(25)23(18)14-10-12(20)6-7-15(14)24/h2-10,17-18,24H,1H3,(H,22,25). The molecular formula is C19H16ClN3OS2. The van der Waals surface area contributed by atoms with E-state index in [0.717, 1.165) is 10.6 Å². The van der Waals surface area contributed by atoms with E-state index in [2.05, 4.69) is 29.4 Å².